The van der Waals surface area contributed by atoms with E-state index in [9.17, 15) is 4.79 Å². The normalized spacial score (nSPS) is 25.4. The second kappa shape index (κ2) is 8.19. The van der Waals surface area contributed by atoms with Crippen molar-refractivity contribution in [2.45, 2.75) is 64.3 Å². The van der Waals surface area contributed by atoms with Crippen LogP contribution in [0.1, 0.15) is 34.1 Å². The number of hydrogen-bond acceptors (Lipinski definition) is 6. The standard InChI is InChI=1S/C27H30O6/c1-15(2)30-22-14-18-24(26(29-5)25(22)31-16(3)4)19(28)12-13-27(18)32-20-10-6-8-17-9-7-11-21(33-27)23(17)20/h6-13,15-16,18,22,25H,14H2,1-5H3/t18?,22-,25-/m1/s1. The van der Waals surface area contributed by atoms with E-state index in [4.69, 9.17) is 23.7 Å². The van der Waals surface area contributed by atoms with Crippen LogP contribution in [-0.2, 0) is 19.0 Å². The van der Waals surface area contributed by atoms with Crippen LogP contribution in [0.5, 0.6) is 11.5 Å². The predicted molar refractivity (Wildman–Crippen MR) is 124 cm³/mol. The Balaban J connectivity index is 1.65. The number of allylic oxidation sites excluding steroid dienone is 1. The minimum atomic E-state index is -1.18. The molecular weight excluding hydrogens is 420 g/mol. The molecule has 0 radical (unpaired) electrons. The molecule has 6 heteroatoms. The summed E-state index contributed by atoms with van der Waals surface area (Å²) >= 11 is 0. The molecule has 3 atom stereocenters. The minimum Gasteiger partial charge on any atom is -0.498 e. The second-order valence-corrected chi connectivity index (χ2v) is 9.33. The summed E-state index contributed by atoms with van der Waals surface area (Å²) in [6.45, 7) is 7.91. The molecule has 1 aliphatic heterocycles. The van der Waals surface area contributed by atoms with Crippen molar-refractivity contribution < 1.29 is 28.5 Å². The molecule has 0 N–H and O–H groups in total. The van der Waals surface area contributed by atoms with Gasteiger partial charge in [0.05, 0.1) is 42.3 Å². The van der Waals surface area contributed by atoms with E-state index in [0.29, 0.717) is 17.8 Å². The van der Waals surface area contributed by atoms with Crippen molar-refractivity contribution in [1.82, 2.24) is 0 Å². The molecule has 2 aromatic carbocycles. The van der Waals surface area contributed by atoms with Gasteiger partial charge in [0.15, 0.2) is 5.78 Å². The Bertz CT molecular complexity index is 1100. The van der Waals surface area contributed by atoms with Crippen molar-refractivity contribution in [3.05, 3.63) is 59.9 Å². The molecule has 2 aromatic rings. The molecule has 5 rings (SSSR count). The Kier molecular flexibility index (Phi) is 5.46. The van der Waals surface area contributed by atoms with Crippen molar-refractivity contribution in [3.8, 4) is 11.5 Å². The van der Waals surface area contributed by atoms with Gasteiger partial charge >= 0.3 is 0 Å². The fourth-order valence-electron chi connectivity index (χ4n) is 5.19. The number of benzene rings is 2. The topological polar surface area (TPSA) is 63.2 Å². The van der Waals surface area contributed by atoms with Gasteiger partial charge in [-0.2, -0.15) is 0 Å². The summed E-state index contributed by atoms with van der Waals surface area (Å²) in [5.74, 6) is 0.221. The SMILES string of the molecule is COC1=C2C(=O)C=CC3(Oc4cccc5cccc(c45)O3)C2C[C@@H](OC(C)C)[C@H]1OC(C)C. The highest BCUT2D eigenvalue weighted by atomic mass is 16.7. The minimum absolute atomic E-state index is 0.0265. The summed E-state index contributed by atoms with van der Waals surface area (Å²) in [7, 11) is 1.57. The van der Waals surface area contributed by atoms with Crippen molar-refractivity contribution in [1.29, 1.82) is 0 Å². The van der Waals surface area contributed by atoms with E-state index in [2.05, 4.69) is 0 Å². The number of carbonyl (C=O) groups is 1. The van der Waals surface area contributed by atoms with Crippen LogP contribution in [0.2, 0.25) is 0 Å². The van der Waals surface area contributed by atoms with Crippen LogP contribution >= 0.6 is 0 Å². The molecule has 1 spiro atoms. The summed E-state index contributed by atoms with van der Waals surface area (Å²) in [5, 5.41) is 1.97. The number of carbonyl (C=O) groups excluding carboxylic acids is 1. The maximum absolute atomic E-state index is 13.2. The van der Waals surface area contributed by atoms with E-state index in [-0.39, 0.29) is 24.1 Å². The van der Waals surface area contributed by atoms with Crippen LogP contribution in [0.4, 0.5) is 0 Å². The first kappa shape index (κ1) is 22.0. The van der Waals surface area contributed by atoms with Gasteiger partial charge in [0.2, 0.25) is 0 Å². The maximum atomic E-state index is 13.2. The maximum Gasteiger partial charge on any atom is 0.278 e. The average molecular weight is 451 g/mol. The third kappa shape index (κ3) is 3.62. The van der Waals surface area contributed by atoms with Crippen LogP contribution < -0.4 is 9.47 Å². The first-order valence-electron chi connectivity index (χ1n) is 11.5. The average Bonchev–Trinajstić information content (AvgIpc) is 2.77. The first-order chi connectivity index (χ1) is 15.8. The zero-order valence-corrected chi connectivity index (χ0v) is 19.7. The first-order valence-corrected chi connectivity index (χ1v) is 11.5. The molecule has 0 saturated carbocycles. The number of hydrogen-bond donors (Lipinski definition) is 0. The smallest absolute Gasteiger partial charge is 0.278 e. The van der Waals surface area contributed by atoms with E-state index in [1.165, 1.54) is 6.08 Å². The lowest BCUT2D eigenvalue weighted by atomic mass is 9.73. The van der Waals surface area contributed by atoms with Crippen LogP contribution in [0.25, 0.3) is 10.8 Å². The number of methoxy groups -OCH3 is 1. The monoisotopic (exact) mass is 450 g/mol. The number of ketones is 1. The second-order valence-electron chi connectivity index (χ2n) is 9.33. The van der Waals surface area contributed by atoms with Gasteiger partial charge in [0.25, 0.3) is 5.79 Å². The van der Waals surface area contributed by atoms with E-state index in [1.807, 2.05) is 64.1 Å². The third-order valence-corrected chi connectivity index (χ3v) is 6.35. The summed E-state index contributed by atoms with van der Waals surface area (Å²) < 4.78 is 31.5. The van der Waals surface area contributed by atoms with Gasteiger partial charge in [-0.1, -0.05) is 24.3 Å². The zero-order chi connectivity index (χ0) is 23.3. The third-order valence-electron chi connectivity index (χ3n) is 6.35. The highest BCUT2D eigenvalue weighted by Crippen LogP contribution is 2.51. The summed E-state index contributed by atoms with van der Waals surface area (Å²) in [6.07, 6.45) is 2.84. The molecule has 0 saturated heterocycles. The van der Waals surface area contributed by atoms with Gasteiger partial charge in [-0.3, -0.25) is 4.79 Å². The lowest BCUT2D eigenvalue weighted by Gasteiger charge is -2.48. The predicted octanol–water partition coefficient (Wildman–Crippen LogP) is 4.95. The van der Waals surface area contributed by atoms with Gasteiger partial charge in [-0.15, -0.1) is 0 Å². The molecule has 0 bridgehead atoms. The Hall–Kier alpha value is -2.83. The molecule has 3 aliphatic rings. The van der Waals surface area contributed by atoms with Crippen molar-refractivity contribution in [2.24, 2.45) is 5.92 Å². The van der Waals surface area contributed by atoms with Crippen LogP contribution in [0.3, 0.4) is 0 Å². The summed E-state index contributed by atoms with van der Waals surface area (Å²) in [5.41, 5.74) is 0.529. The molecular formula is C27H30O6. The Labute approximate surface area is 194 Å². The van der Waals surface area contributed by atoms with E-state index in [0.717, 1.165) is 22.3 Å². The number of rotatable bonds is 5. The molecule has 6 nitrogen and oxygen atoms in total. The molecule has 0 aromatic heterocycles. The van der Waals surface area contributed by atoms with Gasteiger partial charge in [0, 0.05) is 6.08 Å². The van der Waals surface area contributed by atoms with E-state index in [1.54, 1.807) is 13.2 Å². The lowest BCUT2D eigenvalue weighted by molar-refractivity contribution is -0.165. The van der Waals surface area contributed by atoms with Gasteiger partial charge in [0.1, 0.15) is 23.4 Å². The molecule has 174 valence electrons. The zero-order valence-electron chi connectivity index (χ0n) is 19.7. The Morgan fingerprint density at radius 3 is 2.18 bits per heavy atom. The van der Waals surface area contributed by atoms with Crippen molar-refractivity contribution in [3.63, 3.8) is 0 Å². The van der Waals surface area contributed by atoms with Crippen molar-refractivity contribution in [2.75, 3.05) is 7.11 Å². The highest BCUT2D eigenvalue weighted by Gasteiger charge is 2.56. The van der Waals surface area contributed by atoms with E-state index < -0.39 is 17.8 Å². The number of fused-ring (bicyclic) bond motifs is 2. The molecule has 33 heavy (non-hydrogen) atoms. The highest BCUT2D eigenvalue weighted by molar-refractivity contribution is 6.06. The van der Waals surface area contributed by atoms with Crippen molar-refractivity contribution >= 4 is 16.6 Å². The van der Waals surface area contributed by atoms with Crippen LogP contribution in [-0.4, -0.2) is 43.1 Å². The van der Waals surface area contributed by atoms with Gasteiger partial charge < -0.3 is 23.7 Å². The largest absolute Gasteiger partial charge is 0.498 e. The quantitative estimate of drug-likeness (QED) is 0.642. The van der Waals surface area contributed by atoms with E-state index >= 15 is 0 Å². The molecule has 2 aliphatic carbocycles. The van der Waals surface area contributed by atoms with Crippen LogP contribution in [0, 0.1) is 5.92 Å². The fourth-order valence-corrected chi connectivity index (χ4v) is 5.19. The van der Waals surface area contributed by atoms with Gasteiger partial charge in [-0.05, 0) is 57.7 Å². The molecule has 0 fully saturated rings. The Morgan fingerprint density at radius 1 is 0.970 bits per heavy atom. The lowest BCUT2D eigenvalue weighted by Crippen LogP contribution is -2.57. The van der Waals surface area contributed by atoms with Gasteiger partial charge in [-0.25, -0.2) is 0 Å². The van der Waals surface area contributed by atoms with Crippen LogP contribution in [0.15, 0.2) is 59.9 Å². The fraction of sp³-hybridized carbons (Fsp3) is 0.444. The molecule has 1 heterocycles. The molecule has 1 unspecified atom stereocenters. The Morgan fingerprint density at radius 2 is 1.61 bits per heavy atom. The summed E-state index contributed by atoms with van der Waals surface area (Å²) in [4.78, 5) is 13.2. The summed E-state index contributed by atoms with van der Waals surface area (Å²) in [6, 6.07) is 11.9. The number of ether oxygens (including phenoxy) is 5. The molecule has 0 amide bonds.